The van der Waals surface area contributed by atoms with Crippen LogP contribution < -0.4 is 15.4 Å². The van der Waals surface area contributed by atoms with E-state index in [2.05, 4.69) is 60.0 Å². The Morgan fingerprint density at radius 2 is 1.88 bits per heavy atom. The lowest BCUT2D eigenvalue weighted by Crippen LogP contribution is -2.68. The van der Waals surface area contributed by atoms with E-state index in [0.717, 1.165) is 64.8 Å². The number of carbonyl (C=O) groups is 2. The fraction of sp³-hybridized carbons (Fsp3) is 0.395. The lowest BCUT2D eigenvalue weighted by Gasteiger charge is -2.44. The molecule has 2 fully saturated rings. The molecule has 2 aliphatic heterocycles. The zero-order valence-electron chi connectivity index (χ0n) is 30.9. The summed E-state index contributed by atoms with van der Waals surface area (Å²) in [6, 6.07) is 9.86. The van der Waals surface area contributed by atoms with Crippen molar-refractivity contribution in [3.63, 3.8) is 0 Å². The fourth-order valence-electron chi connectivity index (χ4n) is 7.70. The average molecular weight is 689 g/mol. The van der Waals surface area contributed by atoms with Crippen LogP contribution in [-0.2, 0) is 28.0 Å². The summed E-state index contributed by atoms with van der Waals surface area (Å²) in [4.78, 5) is 34.2. The molecule has 3 atom stereocenters. The van der Waals surface area contributed by atoms with Crippen LogP contribution in [0.5, 0.6) is 11.5 Å². The van der Waals surface area contributed by atoms with Crippen molar-refractivity contribution in [2.45, 2.75) is 77.8 Å². The molecule has 268 valence electrons. The Balaban J connectivity index is 1.37. The third-order valence-electron chi connectivity index (χ3n) is 10.8. The number of ether oxygens (including phenoxy) is 1. The molecule has 0 bridgehead atoms. The highest BCUT2D eigenvalue weighted by atomic mass is 16.5. The van der Waals surface area contributed by atoms with Crippen LogP contribution in [0.15, 0.2) is 78.6 Å². The average Bonchev–Trinajstić information content (AvgIpc) is 3.76. The second-order valence-corrected chi connectivity index (χ2v) is 15.2. The molecule has 0 saturated carbocycles. The summed E-state index contributed by atoms with van der Waals surface area (Å²) in [6.07, 6.45) is 17.1. The molecule has 0 radical (unpaired) electrons. The van der Waals surface area contributed by atoms with Crippen molar-refractivity contribution >= 4 is 34.9 Å². The zero-order chi connectivity index (χ0) is 36.5. The Bertz CT molecular complexity index is 1970. The summed E-state index contributed by atoms with van der Waals surface area (Å²) in [7, 11) is 1.65. The number of aromatic nitrogens is 1. The molecule has 6 rings (SSSR count). The van der Waals surface area contributed by atoms with Gasteiger partial charge in [-0.25, -0.2) is 0 Å². The van der Waals surface area contributed by atoms with Crippen LogP contribution in [0.1, 0.15) is 81.8 Å². The molecule has 2 saturated heterocycles. The van der Waals surface area contributed by atoms with E-state index in [0.29, 0.717) is 25.1 Å². The van der Waals surface area contributed by atoms with Crippen LogP contribution in [-0.4, -0.2) is 52.5 Å². The number of hydrogen-bond donors (Lipinski definition) is 4. The van der Waals surface area contributed by atoms with Crippen LogP contribution in [0, 0.1) is 11.8 Å². The number of benzene rings is 2. The molecule has 3 aliphatic rings. The summed E-state index contributed by atoms with van der Waals surface area (Å²) in [5.74, 6) is -0.0311. The predicted molar refractivity (Wildman–Crippen MR) is 206 cm³/mol. The van der Waals surface area contributed by atoms with Crippen LogP contribution in [0.2, 0.25) is 0 Å². The first kappa shape index (κ1) is 36.0. The second kappa shape index (κ2) is 14.4. The van der Waals surface area contributed by atoms with Crippen LogP contribution in [0.25, 0.3) is 23.1 Å². The van der Waals surface area contributed by atoms with Gasteiger partial charge in [0, 0.05) is 56.7 Å². The van der Waals surface area contributed by atoms with E-state index in [4.69, 9.17) is 4.74 Å². The highest BCUT2D eigenvalue weighted by molar-refractivity contribution is 6.10. The van der Waals surface area contributed by atoms with Crippen molar-refractivity contribution in [1.82, 2.24) is 20.5 Å². The first-order valence-electron chi connectivity index (χ1n) is 18.1. The van der Waals surface area contributed by atoms with Gasteiger partial charge in [0.1, 0.15) is 22.7 Å². The third kappa shape index (κ3) is 7.07. The maximum Gasteiger partial charge on any atom is 0.268 e. The molecule has 51 heavy (non-hydrogen) atoms. The van der Waals surface area contributed by atoms with Crippen LogP contribution >= 0.6 is 0 Å². The van der Waals surface area contributed by atoms with Gasteiger partial charge in [0.25, 0.3) is 11.8 Å². The van der Waals surface area contributed by atoms with Gasteiger partial charge in [-0.05, 0) is 76.7 Å². The van der Waals surface area contributed by atoms with Gasteiger partial charge in [0.15, 0.2) is 0 Å². The summed E-state index contributed by atoms with van der Waals surface area (Å²) < 4.78 is 5.94. The minimum atomic E-state index is -1.20. The number of para-hydroxylation sites is 1. The maximum atomic E-state index is 14.3. The van der Waals surface area contributed by atoms with Crippen molar-refractivity contribution < 1.29 is 19.4 Å². The van der Waals surface area contributed by atoms with E-state index in [1.54, 1.807) is 13.2 Å². The summed E-state index contributed by atoms with van der Waals surface area (Å²) >= 11 is 0. The molecule has 2 aromatic carbocycles. The van der Waals surface area contributed by atoms with E-state index in [1.807, 2.05) is 68.5 Å². The molecule has 1 aromatic heterocycles. The van der Waals surface area contributed by atoms with Gasteiger partial charge in [0.05, 0.1) is 7.11 Å². The van der Waals surface area contributed by atoms with Gasteiger partial charge in [-0.3, -0.25) is 14.5 Å². The van der Waals surface area contributed by atoms with Gasteiger partial charge in [-0.1, -0.05) is 81.0 Å². The van der Waals surface area contributed by atoms with E-state index < -0.39 is 16.9 Å². The number of methoxy groups -OCH3 is 1. The molecule has 1 aliphatic carbocycles. The molecule has 3 unspecified atom stereocenters. The van der Waals surface area contributed by atoms with Crippen molar-refractivity contribution in [2.75, 3.05) is 20.2 Å². The number of nitrogens with one attached hydrogen (secondary N) is 3. The number of piperazine rings is 1. The first-order chi connectivity index (χ1) is 24.4. The normalized spacial score (nSPS) is 23.3. The number of aromatic hydroxyl groups is 1. The van der Waals surface area contributed by atoms with E-state index in [1.165, 1.54) is 5.57 Å². The molecule has 3 heterocycles. The monoisotopic (exact) mass is 688 g/mol. The lowest BCUT2D eigenvalue weighted by molar-refractivity contribution is -0.138. The Morgan fingerprint density at radius 3 is 2.59 bits per heavy atom. The Morgan fingerprint density at radius 1 is 1.14 bits per heavy atom. The number of likely N-dealkylation sites (tertiary alicyclic amines) is 1. The molecular formula is C43H52N4O4. The quantitative estimate of drug-likeness (QED) is 0.129. The molecule has 1 spiro atoms. The second-order valence-electron chi connectivity index (χ2n) is 15.2. The van der Waals surface area contributed by atoms with E-state index >= 15 is 0 Å². The number of fused-ring (bicyclic) bond motifs is 1. The van der Waals surface area contributed by atoms with Gasteiger partial charge in [-0.15, -0.1) is 6.58 Å². The minimum Gasteiger partial charge on any atom is -0.507 e. The number of amides is 2. The topological polar surface area (TPSA) is 107 Å². The summed E-state index contributed by atoms with van der Waals surface area (Å²) in [5.41, 5.74) is 4.88. The minimum absolute atomic E-state index is 0.0681. The lowest BCUT2D eigenvalue weighted by atomic mass is 9.71. The number of phenols is 1. The van der Waals surface area contributed by atoms with Gasteiger partial charge >= 0.3 is 0 Å². The van der Waals surface area contributed by atoms with Crippen molar-refractivity contribution in [1.29, 1.82) is 0 Å². The number of hydrogen-bond acceptors (Lipinski definition) is 5. The van der Waals surface area contributed by atoms with Crippen LogP contribution in [0.3, 0.4) is 0 Å². The number of rotatable bonds is 10. The van der Waals surface area contributed by atoms with Crippen molar-refractivity contribution in [3.05, 3.63) is 107 Å². The van der Waals surface area contributed by atoms with Crippen molar-refractivity contribution in [3.8, 4) is 11.5 Å². The van der Waals surface area contributed by atoms with Crippen LogP contribution in [0.4, 0.5) is 0 Å². The molecule has 8 nitrogen and oxygen atoms in total. The molecule has 2 amide bonds. The Labute approximate surface area is 302 Å². The molecular weight excluding hydrogens is 636 g/mol. The van der Waals surface area contributed by atoms with Gasteiger partial charge < -0.3 is 25.5 Å². The number of H-pyrrole nitrogens is 1. The summed E-state index contributed by atoms with van der Waals surface area (Å²) in [6.45, 7) is 16.9. The first-order valence-corrected chi connectivity index (χ1v) is 18.1. The highest BCUT2D eigenvalue weighted by Gasteiger charge is 2.51. The highest BCUT2D eigenvalue weighted by Crippen LogP contribution is 2.41. The maximum absolute atomic E-state index is 14.3. The molecule has 3 aromatic rings. The third-order valence-corrected chi connectivity index (χ3v) is 10.8. The Hall–Kier alpha value is -4.82. The van der Waals surface area contributed by atoms with E-state index in [9.17, 15) is 14.7 Å². The van der Waals surface area contributed by atoms with E-state index in [-0.39, 0.29) is 29.2 Å². The van der Waals surface area contributed by atoms with Crippen molar-refractivity contribution in [2.24, 2.45) is 11.8 Å². The molecule has 4 N–H and O–H groups in total. The number of allylic oxidation sites excluding steroid dienone is 4. The number of phenolic OH excluding ortho intramolecular Hbond substituents is 1. The SMILES string of the molecule is C=CC(C)(C)c1[nH]c2ccccc2c1/C=C1\NC(=O)C2(CC(C)C=CC2/C=C/c2c(OC)cc(CC=C(C)C)c(O)c2CN2CCCC2)NC1=O. The fourth-order valence-corrected chi connectivity index (χ4v) is 7.70. The number of nitrogens with zero attached hydrogens (tertiary/aromatic N) is 1. The predicted octanol–water partition coefficient (Wildman–Crippen LogP) is 7.70. The summed E-state index contributed by atoms with van der Waals surface area (Å²) in [5, 5.41) is 18.8. The standard InChI is InChI=1S/C43H52N4O4/c1-8-42(5,6)39-33(31-13-9-10-14-35(31)44-39)24-36-40(49)46-43(41(50)45-36)25-28(4)16-18-30(43)19-20-32-34(26-47-21-11-12-22-47)38(48)29(17-15-27(2)3)23-37(32)51-7/h8-10,13-16,18-20,23-24,28,30,44,48H,1,11-12,17,21-22,25-26H2,2-7H3,(H,45,50)(H,46,49)/b20-19+,36-24-. The van der Waals surface area contributed by atoms with Gasteiger partial charge in [0.2, 0.25) is 0 Å². The number of aromatic amines is 1. The smallest absolute Gasteiger partial charge is 0.268 e. The largest absolute Gasteiger partial charge is 0.507 e. The molecule has 8 heteroatoms. The Kier molecular flexibility index (Phi) is 10.2. The number of carbonyl (C=O) groups excluding carboxylic acids is 2. The van der Waals surface area contributed by atoms with Gasteiger partial charge in [-0.2, -0.15) is 0 Å². The zero-order valence-corrected chi connectivity index (χ0v) is 30.9.